The van der Waals surface area contributed by atoms with Crippen molar-refractivity contribution in [2.75, 3.05) is 39.3 Å². The normalized spacial score (nSPS) is 28.9. The molecule has 1 aliphatic carbocycles. The van der Waals surface area contributed by atoms with Gasteiger partial charge >= 0.3 is 0 Å². The van der Waals surface area contributed by atoms with E-state index in [4.69, 9.17) is 0 Å². The standard InChI is InChI=1S/C15H28N2/c1-3-16(4-2)10-7-11-17-12-14-8-5-6-9-15(14)13-17/h5-6,14-15H,3-4,7-13H2,1-2H3/t14-,15-/m1/s1. The Kier molecular flexibility index (Phi) is 5.05. The first-order chi connectivity index (χ1) is 8.33. The predicted octanol–water partition coefficient (Wildman–Crippen LogP) is 2.62. The number of fused-ring (bicyclic) bond motifs is 1. The van der Waals surface area contributed by atoms with E-state index in [2.05, 4.69) is 35.8 Å². The third kappa shape index (κ3) is 3.56. The van der Waals surface area contributed by atoms with Crippen LogP contribution in [-0.2, 0) is 0 Å². The van der Waals surface area contributed by atoms with Crippen molar-refractivity contribution in [2.45, 2.75) is 33.1 Å². The van der Waals surface area contributed by atoms with Crippen LogP contribution in [0.1, 0.15) is 33.1 Å². The Morgan fingerprint density at radius 1 is 1.06 bits per heavy atom. The molecule has 17 heavy (non-hydrogen) atoms. The van der Waals surface area contributed by atoms with Crippen molar-refractivity contribution < 1.29 is 0 Å². The Balaban J connectivity index is 1.65. The van der Waals surface area contributed by atoms with E-state index < -0.39 is 0 Å². The summed E-state index contributed by atoms with van der Waals surface area (Å²) in [6, 6.07) is 0. The lowest BCUT2D eigenvalue weighted by Gasteiger charge is -2.20. The van der Waals surface area contributed by atoms with Crippen LogP contribution < -0.4 is 0 Å². The van der Waals surface area contributed by atoms with E-state index in [1.54, 1.807) is 0 Å². The molecule has 0 aromatic carbocycles. The Morgan fingerprint density at radius 3 is 2.18 bits per heavy atom. The second-order valence-electron chi connectivity index (χ2n) is 5.60. The Hall–Kier alpha value is -0.340. The third-order valence-corrected chi connectivity index (χ3v) is 4.54. The van der Waals surface area contributed by atoms with Crippen LogP contribution in [0.25, 0.3) is 0 Å². The van der Waals surface area contributed by atoms with Gasteiger partial charge in [-0.3, -0.25) is 0 Å². The van der Waals surface area contributed by atoms with Gasteiger partial charge in [0, 0.05) is 13.1 Å². The quantitative estimate of drug-likeness (QED) is 0.654. The van der Waals surface area contributed by atoms with Gasteiger partial charge in [-0.15, -0.1) is 0 Å². The summed E-state index contributed by atoms with van der Waals surface area (Å²) in [5, 5.41) is 0. The van der Waals surface area contributed by atoms with Crippen molar-refractivity contribution in [2.24, 2.45) is 11.8 Å². The van der Waals surface area contributed by atoms with Crippen molar-refractivity contribution in [3.05, 3.63) is 12.2 Å². The highest BCUT2D eigenvalue weighted by Crippen LogP contribution is 2.32. The third-order valence-electron chi connectivity index (χ3n) is 4.54. The fourth-order valence-corrected chi connectivity index (χ4v) is 3.35. The summed E-state index contributed by atoms with van der Waals surface area (Å²) >= 11 is 0. The van der Waals surface area contributed by atoms with E-state index in [0.29, 0.717) is 0 Å². The maximum atomic E-state index is 2.70. The van der Waals surface area contributed by atoms with Gasteiger partial charge in [0.1, 0.15) is 0 Å². The molecule has 2 aliphatic rings. The van der Waals surface area contributed by atoms with Crippen LogP contribution in [0, 0.1) is 11.8 Å². The fourth-order valence-electron chi connectivity index (χ4n) is 3.35. The average molecular weight is 236 g/mol. The van der Waals surface area contributed by atoms with Gasteiger partial charge in [0.2, 0.25) is 0 Å². The molecular weight excluding hydrogens is 208 g/mol. The summed E-state index contributed by atoms with van der Waals surface area (Å²) in [7, 11) is 0. The molecule has 0 saturated carbocycles. The van der Waals surface area contributed by atoms with E-state index in [-0.39, 0.29) is 0 Å². The van der Waals surface area contributed by atoms with E-state index in [1.807, 2.05) is 0 Å². The smallest absolute Gasteiger partial charge is 0.00160 e. The van der Waals surface area contributed by atoms with E-state index in [0.717, 1.165) is 11.8 Å². The molecular formula is C15H28N2. The van der Waals surface area contributed by atoms with Crippen LogP contribution in [0.5, 0.6) is 0 Å². The van der Waals surface area contributed by atoms with E-state index >= 15 is 0 Å². The van der Waals surface area contributed by atoms with Gasteiger partial charge in [-0.05, 0) is 57.3 Å². The molecule has 0 spiro atoms. The van der Waals surface area contributed by atoms with Gasteiger partial charge in [0.15, 0.2) is 0 Å². The fraction of sp³-hybridized carbons (Fsp3) is 0.867. The van der Waals surface area contributed by atoms with Crippen LogP contribution in [0.2, 0.25) is 0 Å². The molecule has 0 aromatic heterocycles. The second kappa shape index (κ2) is 6.55. The molecule has 0 radical (unpaired) electrons. The van der Waals surface area contributed by atoms with Crippen LogP contribution in [0.15, 0.2) is 12.2 Å². The zero-order valence-corrected chi connectivity index (χ0v) is 11.6. The molecule has 0 aromatic rings. The molecule has 0 bridgehead atoms. The average Bonchev–Trinajstić information content (AvgIpc) is 2.77. The zero-order valence-electron chi connectivity index (χ0n) is 11.6. The molecule has 0 unspecified atom stereocenters. The number of likely N-dealkylation sites (tertiary alicyclic amines) is 1. The number of nitrogens with zero attached hydrogens (tertiary/aromatic N) is 2. The Morgan fingerprint density at radius 2 is 1.65 bits per heavy atom. The highest BCUT2D eigenvalue weighted by molar-refractivity contribution is 4.99. The second-order valence-corrected chi connectivity index (χ2v) is 5.60. The lowest BCUT2D eigenvalue weighted by atomic mass is 9.86. The van der Waals surface area contributed by atoms with Crippen molar-refractivity contribution in [3.8, 4) is 0 Å². The maximum absolute atomic E-state index is 2.70. The van der Waals surface area contributed by atoms with Gasteiger partial charge in [0.25, 0.3) is 0 Å². The number of rotatable bonds is 6. The summed E-state index contributed by atoms with van der Waals surface area (Å²) in [6.07, 6.45) is 8.78. The molecule has 1 fully saturated rings. The summed E-state index contributed by atoms with van der Waals surface area (Å²) in [6.45, 7) is 12.2. The van der Waals surface area contributed by atoms with Crippen LogP contribution in [0.3, 0.4) is 0 Å². The molecule has 1 aliphatic heterocycles. The number of hydrogen-bond acceptors (Lipinski definition) is 2. The predicted molar refractivity (Wildman–Crippen MR) is 74.2 cm³/mol. The molecule has 2 nitrogen and oxygen atoms in total. The highest BCUT2D eigenvalue weighted by Gasteiger charge is 2.32. The van der Waals surface area contributed by atoms with Gasteiger partial charge in [-0.2, -0.15) is 0 Å². The monoisotopic (exact) mass is 236 g/mol. The number of hydrogen-bond donors (Lipinski definition) is 0. The minimum Gasteiger partial charge on any atom is -0.304 e. The first kappa shape index (κ1) is 13.1. The highest BCUT2D eigenvalue weighted by atomic mass is 15.2. The minimum absolute atomic E-state index is 0.966. The maximum Gasteiger partial charge on any atom is 0.00160 e. The van der Waals surface area contributed by atoms with Crippen molar-refractivity contribution in [1.82, 2.24) is 9.80 Å². The summed E-state index contributed by atoms with van der Waals surface area (Å²) in [4.78, 5) is 5.23. The lowest BCUT2D eigenvalue weighted by Crippen LogP contribution is -2.29. The van der Waals surface area contributed by atoms with Gasteiger partial charge in [-0.1, -0.05) is 26.0 Å². The molecule has 0 N–H and O–H groups in total. The van der Waals surface area contributed by atoms with E-state index in [9.17, 15) is 0 Å². The largest absolute Gasteiger partial charge is 0.304 e. The first-order valence-electron chi connectivity index (χ1n) is 7.43. The summed E-state index contributed by atoms with van der Waals surface area (Å²) in [5.41, 5.74) is 0. The molecule has 98 valence electrons. The summed E-state index contributed by atoms with van der Waals surface area (Å²) in [5.74, 6) is 1.93. The van der Waals surface area contributed by atoms with Crippen molar-refractivity contribution in [1.29, 1.82) is 0 Å². The van der Waals surface area contributed by atoms with E-state index in [1.165, 1.54) is 58.5 Å². The van der Waals surface area contributed by atoms with Crippen LogP contribution in [0.4, 0.5) is 0 Å². The SMILES string of the molecule is CCN(CC)CCCN1C[C@H]2CC=CC[C@@H]2C1. The summed E-state index contributed by atoms with van der Waals surface area (Å²) < 4.78 is 0. The Labute approximate surface area is 107 Å². The molecule has 2 rings (SSSR count). The Bertz CT molecular complexity index is 229. The van der Waals surface area contributed by atoms with Crippen molar-refractivity contribution >= 4 is 0 Å². The van der Waals surface area contributed by atoms with Gasteiger partial charge < -0.3 is 9.80 Å². The van der Waals surface area contributed by atoms with Gasteiger partial charge in [-0.25, -0.2) is 0 Å². The molecule has 1 saturated heterocycles. The zero-order chi connectivity index (χ0) is 12.1. The number of allylic oxidation sites excluding steroid dienone is 2. The van der Waals surface area contributed by atoms with Crippen LogP contribution in [-0.4, -0.2) is 49.1 Å². The molecule has 2 heteroatoms. The van der Waals surface area contributed by atoms with Crippen LogP contribution >= 0.6 is 0 Å². The minimum atomic E-state index is 0.966. The topological polar surface area (TPSA) is 6.48 Å². The lowest BCUT2D eigenvalue weighted by molar-refractivity contribution is 0.258. The van der Waals surface area contributed by atoms with Gasteiger partial charge in [0.05, 0.1) is 0 Å². The first-order valence-corrected chi connectivity index (χ1v) is 7.43. The van der Waals surface area contributed by atoms with Crippen molar-refractivity contribution in [3.63, 3.8) is 0 Å². The molecule has 1 heterocycles. The molecule has 0 amide bonds. The molecule has 2 atom stereocenters.